The molecule has 0 unspecified atom stereocenters. The van der Waals surface area contributed by atoms with Crippen LogP contribution in [0.25, 0.3) is 0 Å². The highest BCUT2D eigenvalue weighted by atomic mass is 16.5. The highest BCUT2D eigenvalue weighted by Gasteiger charge is 2.35. The molecule has 122 valence electrons. The van der Waals surface area contributed by atoms with E-state index >= 15 is 0 Å². The Kier molecular flexibility index (Phi) is 3.53. The van der Waals surface area contributed by atoms with Crippen molar-refractivity contribution in [3.8, 4) is 11.9 Å². The molecule has 0 spiro atoms. The Morgan fingerprint density at radius 3 is 2.38 bits per heavy atom. The van der Waals surface area contributed by atoms with Crippen molar-refractivity contribution in [3.05, 3.63) is 73.3 Å². The zero-order valence-corrected chi connectivity index (χ0v) is 13.5. The van der Waals surface area contributed by atoms with Crippen LogP contribution in [0.5, 0.6) is 5.88 Å². The Morgan fingerprint density at radius 2 is 1.79 bits per heavy atom. The zero-order valence-electron chi connectivity index (χ0n) is 13.5. The number of nitrogens with zero attached hydrogens (tertiary/aromatic N) is 3. The van der Waals surface area contributed by atoms with Gasteiger partial charge in [-0.05, 0) is 12.5 Å². The van der Waals surface area contributed by atoms with E-state index in [2.05, 4.69) is 0 Å². The summed E-state index contributed by atoms with van der Waals surface area (Å²) in [5.41, 5.74) is 7.03. The number of aryl methyl sites for hydroxylation is 1. The van der Waals surface area contributed by atoms with E-state index in [4.69, 9.17) is 10.5 Å². The molecule has 0 aliphatic carbocycles. The molecule has 0 fully saturated rings. The molecule has 3 rings (SSSR count). The van der Waals surface area contributed by atoms with Gasteiger partial charge in [0.25, 0.3) is 5.56 Å². The molecule has 1 aromatic heterocycles. The van der Waals surface area contributed by atoms with Crippen molar-refractivity contribution in [2.24, 2.45) is 19.8 Å². The summed E-state index contributed by atoms with van der Waals surface area (Å²) in [4.78, 5) is 24.8. The third-order valence-electron chi connectivity index (χ3n) is 4.22. The Hall–Kier alpha value is -3.27. The van der Waals surface area contributed by atoms with Crippen LogP contribution in [0, 0.1) is 18.3 Å². The second-order valence-electron chi connectivity index (χ2n) is 5.76. The summed E-state index contributed by atoms with van der Waals surface area (Å²) in [6.07, 6.45) is 0. The standard InChI is InChI=1S/C17H16N4O3/c1-9-4-6-10(7-5-9)12-11(8-18)14(19)24-16-13(12)15(22)20(2)17(23)21(16)3/h4-7,12H,19H2,1-3H3/t12-/m0/s1. The lowest BCUT2D eigenvalue weighted by Gasteiger charge is -2.27. The first kappa shape index (κ1) is 15.6. The summed E-state index contributed by atoms with van der Waals surface area (Å²) in [5, 5.41) is 9.51. The first-order valence-corrected chi connectivity index (χ1v) is 7.31. The van der Waals surface area contributed by atoms with Gasteiger partial charge in [-0.3, -0.25) is 13.9 Å². The smallest absolute Gasteiger partial charge is 0.333 e. The molecule has 2 heterocycles. The maximum atomic E-state index is 12.7. The van der Waals surface area contributed by atoms with Crippen LogP contribution < -0.4 is 21.7 Å². The van der Waals surface area contributed by atoms with Gasteiger partial charge >= 0.3 is 5.69 Å². The molecule has 1 aliphatic rings. The molecule has 1 aliphatic heterocycles. The molecule has 0 amide bonds. The number of nitriles is 1. The summed E-state index contributed by atoms with van der Waals surface area (Å²) >= 11 is 0. The largest absolute Gasteiger partial charge is 0.423 e. The third-order valence-corrected chi connectivity index (χ3v) is 4.22. The lowest BCUT2D eigenvalue weighted by molar-refractivity contribution is 0.348. The van der Waals surface area contributed by atoms with Gasteiger partial charge in [-0.25, -0.2) is 4.79 Å². The van der Waals surface area contributed by atoms with Gasteiger partial charge in [-0.15, -0.1) is 0 Å². The van der Waals surface area contributed by atoms with Crippen LogP contribution in [-0.4, -0.2) is 9.13 Å². The lowest BCUT2D eigenvalue weighted by Crippen LogP contribution is -2.42. The monoisotopic (exact) mass is 324 g/mol. The van der Waals surface area contributed by atoms with Crippen molar-refractivity contribution in [2.45, 2.75) is 12.8 Å². The van der Waals surface area contributed by atoms with Gasteiger partial charge in [-0.2, -0.15) is 5.26 Å². The molecule has 1 atom stereocenters. The minimum Gasteiger partial charge on any atom is -0.423 e. The highest BCUT2D eigenvalue weighted by molar-refractivity contribution is 5.53. The number of nitrogens with two attached hydrogens (primary N) is 1. The van der Waals surface area contributed by atoms with Crippen molar-refractivity contribution in [2.75, 3.05) is 0 Å². The Morgan fingerprint density at radius 1 is 1.17 bits per heavy atom. The molecule has 0 bridgehead atoms. The van der Waals surface area contributed by atoms with Crippen molar-refractivity contribution < 1.29 is 4.74 Å². The summed E-state index contributed by atoms with van der Waals surface area (Å²) in [5.74, 6) is -0.700. The number of rotatable bonds is 1. The topological polar surface area (TPSA) is 103 Å². The normalized spacial score (nSPS) is 16.3. The van der Waals surface area contributed by atoms with Crippen molar-refractivity contribution in [1.82, 2.24) is 9.13 Å². The van der Waals surface area contributed by atoms with E-state index in [-0.39, 0.29) is 22.9 Å². The molecule has 2 aromatic rings. The maximum Gasteiger partial charge on any atom is 0.333 e. The first-order chi connectivity index (χ1) is 11.4. The second-order valence-corrected chi connectivity index (χ2v) is 5.76. The van der Waals surface area contributed by atoms with E-state index in [1.54, 1.807) is 0 Å². The fraction of sp³-hybridized carbons (Fsp3) is 0.235. The predicted molar refractivity (Wildman–Crippen MR) is 87.4 cm³/mol. The molecule has 0 saturated heterocycles. The van der Waals surface area contributed by atoms with E-state index in [1.807, 2.05) is 37.3 Å². The van der Waals surface area contributed by atoms with Gasteiger partial charge in [0, 0.05) is 14.1 Å². The number of ether oxygens (including phenoxy) is 1. The Bertz CT molecular complexity index is 1020. The Labute approximate surface area is 137 Å². The Balaban J connectivity index is 2.41. The van der Waals surface area contributed by atoms with Crippen LogP contribution in [0.2, 0.25) is 0 Å². The number of allylic oxidation sites excluding steroid dienone is 1. The average Bonchev–Trinajstić information content (AvgIpc) is 2.57. The first-order valence-electron chi connectivity index (χ1n) is 7.31. The third kappa shape index (κ3) is 2.12. The van der Waals surface area contributed by atoms with Crippen LogP contribution in [0.15, 0.2) is 45.3 Å². The van der Waals surface area contributed by atoms with E-state index in [0.29, 0.717) is 0 Å². The second kappa shape index (κ2) is 5.42. The van der Waals surface area contributed by atoms with Crippen molar-refractivity contribution in [3.63, 3.8) is 0 Å². The number of aromatic nitrogens is 2. The molecule has 1 aromatic carbocycles. The van der Waals surface area contributed by atoms with Crippen molar-refractivity contribution >= 4 is 0 Å². The maximum absolute atomic E-state index is 12.7. The summed E-state index contributed by atoms with van der Waals surface area (Å²) in [7, 11) is 2.89. The summed E-state index contributed by atoms with van der Waals surface area (Å²) < 4.78 is 7.66. The van der Waals surface area contributed by atoms with Crippen LogP contribution >= 0.6 is 0 Å². The van der Waals surface area contributed by atoms with Gasteiger partial charge in [0.15, 0.2) is 0 Å². The molecule has 0 saturated carbocycles. The molecule has 2 N–H and O–H groups in total. The number of fused-ring (bicyclic) bond motifs is 1. The van der Waals surface area contributed by atoms with E-state index in [9.17, 15) is 14.9 Å². The number of benzene rings is 1. The van der Waals surface area contributed by atoms with E-state index in [1.165, 1.54) is 18.7 Å². The number of hydrogen-bond donors (Lipinski definition) is 1. The predicted octanol–water partition coefficient (Wildman–Crippen LogP) is 0.611. The molecule has 7 nitrogen and oxygen atoms in total. The van der Waals surface area contributed by atoms with Gasteiger partial charge < -0.3 is 10.5 Å². The molecule has 24 heavy (non-hydrogen) atoms. The van der Waals surface area contributed by atoms with Gasteiger partial charge in [0.05, 0.1) is 11.5 Å². The quantitative estimate of drug-likeness (QED) is 0.828. The summed E-state index contributed by atoms with van der Waals surface area (Å²) in [6, 6.07) is 9.49. The molecule has 7 heteroatoms. The highest BCUT2D eigenvalue weighted by Crippen LogP contribution is 2.39. The van der Waals surface area contributed by atoms with Gasteiger partial charge in [-0.1, -0.05) is 29.8 Å². The molecule has 0 radical (unpaired) electrons. The lowest BCUT2D eigenvalue weighted by atomic mass is 9.85. The average molecular weight is 324 g/mol. The minimum atomic E-state index is -0.676. The van der Waals surface area contributed by atoms with E-state index in [0.717, 1.165) is 15.7 Å². The number of hydrogen-bond acceptors (Lipinski definition) is 5. The van der Waals surface area contributed by atoms with Crippen LogP contribution in [-0.2, 0) is 14.1 Å². The zero-order chi connectivity index (χ0) is 17.6. The van der Waals surface area contributed by atoms with Crippen LogP contribution in [0.1, 0.15) is 22.6 Å². The van der Waals surface area contributed by atoms with Crippen LogP contribution in [0.3, 0.4) is 0 Å². The van der Waals surface area contributed by atoms with Crippen LogP contribution in [0.4, 0.5) is 0 Å². The SMILES string of the molecule is Cc1ccc([C@H]2C(C#N)=C(N)Oc3c2c(=O)n(C)c(=O)n3C)cc1. The minimum absolute atomic E-state index is 0.0742. The van der Waals surface area contributed by atoms with Crippen molar-refractivity contribution in [1.29, 1.82) is 5.26 Å². The van der Waals surface area contributed by atoms with E-state index < -0.39 is 17.2 Å². The fourth-order valence-corrected chi connectivity index (χ4v) is 2.88. The molecular formula is C17H16N4O3. The van der Waals surface area contributed by atoms with Gasteiger partial charge in [0.1, 0.15) is 11.6 Å². The molecular weight excluding hydrogens is 308 g/mol. The summed E-state index contributed by atoms with van der Waals surface area (Å²) in [6.45, 7) is 1.94. The van der Waals surface area contributed by atoms with Gasteiger partial charge in [0.2, 0.25) is 11.8 Å². The fourth-order valence-electron chi connectivity index (χ4n) is 2.88.